The zero-order valence-corrected chi connectivity index (χ0v) is 11.5. The molecule has 0 fully saturated rings. The number of Topliss-reactive ketones (excluding diaryl/α,β-unsaturated/α-hetero) is 1. The average Bonchev–Trinajstić information content (AvgIpc) is 2.61. The topological polar surface area (TPSA) is 60.4 Å². The van der Waals surface area contributed by atoms with E-state index < -0.39 is 0 Å². The molecular formula is C15H20O4. The van der Waals surface area contributed by atoms with Gasteiger partial charge in [0.25, 0.3) is 0 Å². The molecule has 0 aromatic heterocycles. The van der Waals surface area contributed by atoms with Crippen molar-refractivity contribution in [2.45, 2.75) is 52.1 Å². The van der Waals surface area contributed by atoms with Crippen LogP contribution < -0.4 is 0 Å². The van der Waals surface area contributed by atoms with Gasteiger partial charge >= 0.3 is 5.97 Å². The minimum Gasteiger partial charge on any atom is -0.463 e. The number of ketones is 2. The molecule has 1 rings (SSSR count). The minimum atomic E-state index is -0.178. The summed E-state index contributed by atoms with van der Waals surface area (Å²) in [6.45, 7) is 3.65. The first kappa shape index (κ1) is 15.3. The number of unbranched alkanes of at least 4 members (excludes halogenated alkanes) is 1. The Morgan fingerprint density at radius 3 is 2.68 bits per heavy atom. The number of hydrogen-bond acceptors (Lipinski definition) is 4. The SMILES string of the molecule is CC(C)OC(=O)CCC/C=C\CC1=CC(=O)CC1=O. The van der Waals surface area contributed by atoms with Crippen LogP contribution in [0.5, 0.6) is 0 Å². The quantitative estimate of drug-likeness (QED) is 0.307. The second-order valence-electron chi connectivity index (χ2n) is 4.84. The summed E-state index contributed by atoms with van der Waals surface area (Å²) in [7, 11) is 0. The highest BCUT2D eigenvalue weighted by atomic mass is 16.5. The van der Waals surface area contributed by atoms with Gasteiger partial charge in [-0.05, 0) is 39.2 Å². The van der Waals surface area contributed by atoms with Crippen LogP contribution in [0.3, 0.4) is 0 Å². The molecule has 0 spiro atoms. The summed E-state index contributed by atoms with van der Waals surface area (Å²) in [4.78, 5) is 33.5. The number of rotatable bonds is 7. The Balaban J connectivity index is 2.15. The molecule has 0 radical (unpaired) electrons. The Bertz CT molecular complexity index is 416. The van der Waals surface area contributed by atoms with Crippen LogP contribution in [-0.4, -0.2) is 23.6 Å². The number of ether oxygens (including phenoxy) is 1. The molecule has 0 N–H and O–H groups in total. The molecule has 0 atom stereocenters. The Morgan fingerprint density at radius 2 is 2.11 bits per heavy atom. The summed E-state index contributed by atoms with van der Waals surface area (Å²) >= 11 is 0. The fourth-order valence-corrected chi connectivity index (χ4v) is 1.78. The van der Waals surface area contributed by atoms with Gasteiger partial charge in [0.1, 0.15) is 0 Å². The molecular weight excluding hydrogens is 244 g/mol. The molecule has 0 heterocycles. The van der Waals surface area contributed by atoms with Crippen molar-refractivity contribution < 1.29 is 19.1 Å². The lowest BCUT2D eigenvalue weighted by molar-refractivity contribution is -0.147. The van der Waals surface area contributed by atoms with Crippen LogP contribution in [0.1, 0.15) is 46.0 Å². The molecule has 0 saturated carbocycles. The molecule has 0 saturated heterocycles. The largest absolute Gasteiger partial charge is 0.463 e. The Kier molecular flexibility index (Phi) is 6.19. The van der Waals surface area contributed by atoms with Crippen molar-refractivity contribution in [1.82, 2.24) is 0 Å². The van der Waals surface area contributed by atoms with Gasteiger partial charge in [-0.15, -0.1) is 0 Å². The van der Waals surface area contributed by atoms with E-state index in [2.05, 4.69) is 0 Å². The van der Waals surface area contributed by atoms with Crippen molar-refractivity contribution in [2.75, 3.05) is 0 Å². The van der Waals surface area contributed by atoms with E-state index in [1.54, 1.807) is 0 Å². The van der Waals surface area contributed by atoms with E-state index in [0.717, 1.165) is 12.8 Å². The van der Waals surface area contributed by atoms with Crippen LogP contribution in [0, 0.1) is 0 Å². The number of carbonyl (C=O) groups is 3. The fourth-order valence-electron chi connectivity index (χ4n) is 1.78. The molecule has 0 aromatic rings. The van der Waals surface area contributed by atoms with E-state index in [1.807, 2.05) is 26.0 Å². The Hall–Kier alpha value is -1.71. The summed E-state index contributed by atoms with van der Waals surface area (Å²) < 4.78 is 5.01. The standard InChI is InChI=1S/C15H20O4/c1-11(2)19-15(18)8-6-4-3-5-7-12-9-13(16)10-14(12)17/h3,5,9,11H,4,6-8,10H2,1-2H3/b5-3-. The normalized spacial score (nSPS) is 15.4. The first-order chi connectivity index (χ1) is 8.99. The maximum Gasteiger partial charge on any atom is 0.306 e. The highest BCUT2D eigenvalue weighted by Gasteiger charge is 2.19. The van der Waals surface area contributed by atoms with Crippen molar-refractivity contribution in [2.24, 2.45) is 0 Å². The van der Waals surface area contributed by atoms with Gasteiger partial charge < -0.3 is 4.74 Å². The molecule has 4 heteroatoms. The zero-order chi connectivity index (χ0) is 14.3. The molecule has 1 aliphatic rings. The van der Waals surface area contributed by atoms with Gasteiger partial charge in [-0.2, -0.15) is 0 Å². The predicted molar refractivity (Wildman–Crippen MR) is 71.6 cm³/mol. The zero-order valence-electron chi connectivity index (χ0n) is 11.5. The van der Waals surface area contributed by atoms with Gasteiger partial charge in [0, 0.05) is 12.0 Å². The molecule has 4 nitrogen and oxygen atoms in total. The molecule has 104 valence electrons. The average molecular weight is 264 g/mol. The third kappa shape index (κ3) is 6.13. The summed E-state index contributed by atoms with van der Waals surface area (Å²) in [5.41, 5.74) is 0.584. The van der Waals surface area contributed by atoms with E-state index in [9.17, 15) is 14.4 Å². The van der Waals surface area contributed by atoms with Crippen LogP contribution in [-0.2, 0) is 19.1 Å². The van der Waals surface area contributed by atoms with Crippen LogP contribution in [0.2, 0.25) is 0 Å². The molecule has 0 amide bonds. The molecule has 0 unspecified atom stereocenters. The monoisotopic (exact) mass is 264 g/mol. The smallest absolute Gasteiger partial charge is 0.306 e. The number of carbonyl (C=O) groups excluding carboxylic acids is 3. The first-order valence-corrected chi connectivity index (χ1v) is 6.60. The van der Waals surface area contributed by atoms with Gasteiger partial charge in [0.2, 0.25) is 0 Å². The first-order valence-electron chi connectivity index (χ1n) is 6.60. The summed E-state index contributed by atoms with van der Waals surface area (Å²) in [6, 6.07) is 0. The summed E-state index contributed by atoms with van der Waals surface area (Å²) in [5.74, 6) is -0.359. The lowest BCUT2D eigenvalue weighted by Crippen LogP contribution is -2.10. The molecule has 0 aromatic carbocycles. The fraction of sp³-hybridized carbons (Fsp3) is 0.533. The van der Waals surface area contributed by atoms with E-state index in [-0.39, 0.29) is 30.1 Å². The number of esters is 1. The van der Waals surface area contributed by atoms with Crippen LogP contribution in [0.25, 0.3) is 0 Å². The van der Waals surface area contributed by atoms with Gasteiger partial charge in [0.05, 0.1) is 12.5 Å². The molecule has 0 bridgehead atoms. The maximum absolute atomic E-state index is 11.3. The molecule has 0 aliphatic heterocycles. The van der Waals surface area contributed by atoms with Gasteiger partial charge in [0.15, 0.2) is 11.6 Å². The lowest BCUT2D eigenvalue weighted by Gasteiger charge is -2.06. The van der Waals surface area contributed by atoms with E-state index in [1.165, 1.54) is 6.08 Å². The molecule has 1 aliphatic carbocycles. The maximum atomic E-state index is 11.3. The number of allylic oxidation sites excluding steroid dienone is 4. The van der Waals surface area contributed by atoms with E-state index >= 15 is 0 Å². The van der Waals surface area contributed by atoms with Crippen LogP contribution in [0.4, 0.5) is 0 Å². The van der Waals surface area contributed by atoms with Crippen molar-refractivity contribution in [3.8, 4) is 0 Å². The van der Waals surface area contributed by atoms with Gasteiger partial charge in [-0.3, -0.25) is 14.4 Å². The third-order valence-corrected chi connectivity index (χ3v) is 2.65. The van der Waals surface area contributed by atoms with Gasteiger partial charge in [-0.1, -0.05) is 12.2 Å². The molecule has 19 heavy (non-hydrogen) atoms. The lowest BCUT2D eigenvalue weighted by atomic mass is 10.1. The van der Waals surface area contributed by atoms with E-state index in [4.69, 9.17) is 4.74 Å². The van der Waals surface area contributed by atoms with Crippen molar-refractivity contribution >= 4 is 17.5 Å². The van der Waals surface area contributed by atoms with Crippen molar-refractivity contribution in [1.29, 1.82) is 0 Å². The van der Waals surface area contributed by atoms with Gasteiger partial charge in [-0.25, -0.2) is 0 Å². The third-order valence-electron chi connectivity index (χ3n) is 2.65. The van der Waals surface area contributed by atoms with Crippen LogP contribution in [0.15, 0.2) is 23.8 Å². The Morgan fingerprint density at radius 1 is 1.37 bits per heavy atom. The summed E-state index contributed by atoms with van der Waals surface area (Å²) in [5, 5.41) is 0. The second kappa shape index (κ2) is 7.67. The number of hydrogen-bond donors (Lipinski definition) is 0. The minimum absolute atomic E-state index is 0.0181. The van der Waals surface area contributed by atoms with Crippen LogP contribution >= 0.6 is 0 Å². The highest BCUT2D eigenvalue weighted by Crippen LogP contribution is 2.15. The van der Waals surface area contributed by atoms with E-state index in [0.29, 0.717) is 18.4 Å². The second-order valence-corrected chi connectivity index (χ2v) is 4.84. The highest BCUT2D eigenvalue weighted by molar-refractivity contribution is 6.19. The van der Waals surface area contributed by atoms with Crippen molar-refractivity contribution in [3.63, 3.8) is 0 Å². The Labute approximate surface area is 113 Å². The predicted octanol–water partition coefficient (Wildman–Crippen LogP) is 2.52. The summed E-state index contributed by atoms with van der Waals surface area (Å²) in [6.07, 6.45) is 7.58. The van der Waals surface area contributed by atoms with Crippen molar-refractivity contribution in [3.05, 3.63) is 23.8 Å².